The maximum atomic E-state index is 11.7. The highest BCUT2D eigenvalue weighted by Crippen LogP contribution is 2.17. The molecule has 0 aliphatic carbocycles. The van der Waals surface area contributed by atoms with Gasteiger partial charge in [-0.25, -0.2) is 0 Å². The van der Waals surface area contributed by atoms with Crippen LogP contribution in [0, 0.1) is 0 Å². The Morgan fingerprint density at radius 3 is 2.53 bits per heavy atom. The van der Waals surface area contributed by atoms with E-state index in [-0.39, 0.29) is 11.9 Å². The second-order valence-corrected chi connectivity index (χ2v) is 4.39. The van der Waals surface area contributed by atoms with Crippen molar-refractivity contribution in [3.8, 4) is 5.75 Å². The standard InChI is InChI=1S/C15H24N2O2/c1-4-16-11-10-15(18)17-12(3)13-6-8-14(9-7-13)19-5-2/h6-9,12,16H,4-5,10-11H2,1-3H3,(H,17,18). The Hall–Kier alpha value is -1.55. The lowest BCUT2D eigenvalue weighted by Gasteiger charge is -2.15. The van der Waals surface area contributed by atoms with E-state index in [1.54, 1.807) is 0 Å². The molecular formula is C15H24N2O2. The zero-order valence-corrected chi connectivity index (χ0v) is 12.0. The highest BCUT2D eigenvalue weighted by atomic mass is 16.5. The van der Waals surface area contributed by atoms with Crippen LogP contribution in [0.3, 0.4) is 0 Å². The average molecular weight is 264 g/mol. The topological polar surface area (TPSA) is 50.4 Å². The van der Waals surface area contributed by atoms with E-state index < -0.39 is 0 Å². The van der Waals surface area contributed by atoms with E-state index in [1.165, 1.54) is 0 Å². The van der Waals surface area contributed by atoms with Crippen molar-refractivity contribution in [1.82, 2.24) is 10.6 Å². The van der Waals surface area contributed by atoms with E-state index in [4.69, 9.17) is 4.74 Å². The van der Waals surface area contributed by atoms with Crippen molar-refractivity contribution >= 4 is 5.91 Å². The van der Waals surface area contributed by atoms with E-state index in [2.05, 4.69) is 10.6 Å². The summed E-state index contributed by atoms with van der Waals surface area (Å²) in [7, 11) is 0. The number of ether oxygens (including phenoxy) is 1. The SMILES string of the molecule is CCNCCC(=O)NC(C)c1ccc(OCC)cc1. The number of carbonyl (C=O) groups is 1. The first-order valence-corrected chi connectivity index (χ1v) is 6.90. The van der Waals surface area contributed by atoms with E-state index >= 15 is 0 Å². The van der Waals surface area contributed by atoms with Crippen LogP contribution in [0.5, 0.6) is 5.75 Å². The smallest absolute Gasteiger partial charge is 0.221 e. The molecule has 1 aromatic carbocycles. The molecule has 4 heteroatoms. The lowest BCUT2D eigenvalue weighted by atomic mass is 10.1. The lowest BCUT2D eigenvalue weighted by molar-refractivity contribution is -0.121. The van der Waals surface area contributed by atoms with Gasteiger partial charge in [0.05, 0.1) is 12.6 Å². The molecule has 0 fully saturated rings. The molecule has 2 N–H and O–H groups in total. The van der Waals surface area contributed by atoms with Crippen molar-refractivity contribution in [2.75, 3.05) is 19.7 Å². The molecule has 0 saturated carbocycles. The Bertz CT molecular complexity index is 376. The first kappa shape index (κ1) is 15.5. The largest absolute Gasteiger partial charge is 0.494 e. The fourth-order valence-corrected chi connectivity index (χ4v) is 1.80. The van der Waals surface area contributed by atoms with Crippen molar-refractivity contribution < 1.29 is 9.53 Å². The van der Waals surface area contributed by atoms with Gasteiger partial charge in [0.1, 0.15) is 5.75 Å². The van der Waals surface area contributed by atoms with Crippen LogP contribution in [0.1, 0.15) is 38.8 Å². The highest BCUT2D eigenvalue weighted by Gasteiger charge is 2.09. The molecule has 1 rings (SSSR count). The van der Waals surface area contributed by atoms with Crippen LogP contribution in [0.25, 0.3) is 0 Å². The second-order valence-electron chi connectivity index (χ2n) is 4.39. The summed E-state index contributed by atoms with van der Waals surface area (Å²) in [5.41, 5.74) is 1.08. The zero-order chi connectivity index (χ0) is 14.1. The summed E-state index contributed by atoms with van der Waals surface area (Å²) >= 11 is 0. The van der Waals surface area contributed by atoms with Gasteiger partial charge in [-0.3, -0.25) is 4.79 Å². The number of hydrogen-bond donors (Lipinski definition) is 2. The van der Waals surface area contributed by atoms with Gasteiger partial charge < -0.3 is 15.4 Å². The van der Waals surface area contributed by atoms with Crippen LogP contribution in [-0.4, -0.2) is 25.6 Å². The Kier molecular flexibility index (Phi) is 6.97. The third-order valence-electron chi connectivity index (χ3n) is 2.85. The summed E-state index contributed by atoms with van der Waals surface area (Å²) in [6, 6.07) is 7.85. The first-order chi connectivity index (χ1) is 9.17. The molecule has 0 radical (unpaired) electrons. The van der Waals surface area contributed by atoms with Gasteiger partial charge in [-0.15, -0.1) is 0 Å². The first-order valence-electron chi connectivity index (χ1n) is 6.90. The summed E-state index contributed by atoms with van der Waals surface area (Å²) < 4.78 is 5.39. The minimum absolute atomic E-state index is 0.0183. The minimum atomic E-state index is 0.0183. The number of benzene rings is 1. The number of nitrogens with one attached hydrogen (secondary N) is 2. The van der Waals surface area contributed by atoms with Gasteiger partial charge in [-0.05, 0) is 38.1 Å². The summed E-state index contributed by atoms with van der Waals surface area (Å²) in [4.78, 5) is 11.7. The van der Waals surface area contributed by atoms with E-state index in [0.717, 1.165) is 24.4 Å². The maximum absolute atomic E-state index is 11.7. The molecule has 1 aromatic rings. The fourth-order valence-electron chi connectivity index (χ4n) is 1.80. The molecule has 0 aliphatic heterocycles. The molecule has 0 bridgehead atoms. The molecule has 0 saturated heterocycles. The molecule has 1 unspecified atom stereocenters. The molecule has 0 aliphatic rings. The predicted molar refractivity (Wildman–Crippen MR) is 77.3 cm³/mol. The van der Waals surface area contributed by atoms with Crippen molar-refractivity contribution in [3.63, 3.8) is 0 Å². The third-order valence-corrected chi connectivity index (χ3v) is 2.85. The van der Waals surface area contributed by atoms with Gasteiger partial charge in [-0.1, -0.05) is 19.1 Å². The van der Waals surface area contributed by atoms with Gasteiger partial charge in [0.25, 0.3) is 0 Å². The van der Waals surface area contributed by atoms with Gasteiger partial charge in [-0.2, -0.15) is 0 Å². The highest BCUT2D eigenvalue weighted by molar-refractivity contribution is 5.76. The van der Waals surface area contributed by atoms with Crippen molar-refractivity contribution in [2.24, 2.45) is 0 Å². The second kappa shape index (κ2) is 8.53. The van der Waals surface area contributed by atoms with E-state index in [9.17, 15) is 4.79 Å². The number of carbonyl (C=O) groups excluding carboxylic acids is 1. The normalized spacial score (nSPS) is 11.9. The molecule has 1 amide bonds. The lowest BCUT2D eigenvalue weighted by Crippen LogP contribution is -2.29. The van der Waals surface area contributed by atoms with Crippen LogP contribution in [0.2, 0.25) is 0 Å². The Morgan fingerprint density at radius 1 is 1.26 bits per heavy atom. The van der Waals surface area contributed by atoms with Crippen molar-refractivity contribution in [3.05, 3.63) is 29.8 Å². The quantitative estimate of drug-likeness (QED) is 0.708. The fraction of sp³-hybridized carbons (Fsp3) is 0.533. The van der Waals surface area contributed by atoms with Gasteiger partial charge in [0.2, 0.25) is 5.91 Å². The third kappa shape index (κ3) is 5.75. The van der Waals surface area contributed by atoms with Crippen molar-refractivity contribution in [1.29, 1.82) is 0 Å². The molecule has 1 atom stereocenters. The van der Waals surface area contributed by atoms with Gasteiger partial charge in [0, 0.05) is 13.0 Å². The number of rotatable bonds is 8. The molecule has 0 heterocycles. The zero-order valence-electron chi connectivity index (χ0n) is 12.0. The average Bonchev–Trinajstić information content (AvgIpc) is 2.40. The molecule has 0 spiro atoms. The van der Waals surface area contributed by atoms with Crippen LogP contribution in [-0.2, 0) is 4.79 Å². The molecule has 106 valence electrons. The Balaban J connectivity index is 2.43. The summed E-state index contributed by atoms with van der Waals surface area (Å²) in [6.07, 6.45) is 0.509. The monoisotopic (exact) mass is 264 g/mol. The molecule has 4 nitrogen and oxygen atoms in total. The van der Waals surface area contributed by atoms with Crippen LogP contribution >= 0.6 is 0 Å². The Morgan fingerprint density at radius 2 is 1.95 bits per heavy atom. The molecule has 0 aromatic heterocycles. The van der Waals surface area contributed by atoms with Crippen LogP contribution in [0.15, 0.2) is 24.3 Å². The minimum Gasteiger partial charge on any atom is -0.494 e. The van der Waals surface area contributed by atoms with E-state index in [1.807, 2.05) is 45.0 Å². The van der Waals surface area contributed by atoms with Gasteiger partial charge in [0.15, 0.2) is 0 Å². The van der Waals surface area contributed by atoms with E-state index in [0.29, 0.717) is 13.0 Å². The summed E-state index contributed by atoms with van der Waals surface area (Å²) in [5.74, 6) is 0.930. The predicted octanol–water partition coefficient (Wildman–Crippen LogP) is 2.26. The maximum Gasteiger partial charge on any atom is 0.221 e. The summed E-state index contributed by atoms with van der Waals surface area (Å²) in [6.45, 7) is 8.25. The van der Waals surface area contributed by atoms with Crippen LogP contribution in [0.4, 0.5) is 0 Å². The molecular weight excluding hydrogens is 240 g/mol. The summed E-state index contributed by atoms with van der Waals surface area (Å²) in [5, 5.41) is 6.12. The van der Waals surface area contributed by atoms with Crippen molar-refractivity contribution in [2.45, 2.75) is 33.2 Å². The molecule has 19 heavy (non-hydrogen) atoms. The van der Waals surface area contributed by atoms with Gasteiger partial charge >= 0.3 is 0 Å². The Labute approximate surface area is 115 Å². The van der Waals surface area contributed by atoms with Crippen LogP contribution < -0.4 is 15.4 Å². The number of hydrogen-bond acceptors (Lipinski definition) is 3. The number of amides is 1.